The molecule has 18 heavy (non-hydrogen) atoms. The van der Waals surface area contributed by atoms with Crippen molar-refractivity contribution in [3.8, 4) is 0 Å². The molecule has 5 heteroatoms. The van der Waals surface area contributed by atoms with Crippen molar-refractivity contribution in [1.82, 2.24) is 15.2 Å². The zero-order valence-electron chi connectivity index (χ0n) is 11.1. The third-order valence-electron chi connectivity index (χ3n) is 4.07. The van der Waals surface area contributed by atoms with Crippen molar-refractivity contribution in [1.29, 1.82) is 0 Å². The quantitative estimate of drug-likeness (QED) is 0.908. The minimum atomic E-state index is 0.183. The Bertz CT molecular complexity index is 409. The SMILES string of the molecule is CNC(C)c1cnc(C2CN3CCCC3CO2)s1. The lowest BCUT2D eigenvalue weighted by Crippen LogP contribution is -2.42. The van der Waals surface area contributed by atoms with E-state index in [1.54, 1.807) is 11.3 Å². The Morgan fingerprint density at radius 2 is 2.50 bits per heavy atom. The first-order valence-corrected chi connectivity index (χ1v) is 7.58. The molecular weight excluding hydrogens is 246 g/mol. The van der Waals surface area contributed by atoms with Crippen molar-refractivity contribution in [2.45, 2.75) is 38.0 Å². The number of hydrogen-bond donors (Lipinski definition) is 1. The predicted octanol–water partition coefficient (Wildman–Crippen LogP) is 1.96. The highest BCUT2D eigenvalue weighted by molar-refractivity contribution is 7.11. The van der Waals surface area contributed by atoms with Gasteiger partial charge in [0.15, 0.2) is 0 Å². The van der Waals surface area contributed by atoms with Crippen LogP contribution in [0.2, 0.25) is 0 Å². The van der Waals surface area contributed by atoms with Crippen LogP contribution in [0, 0.1) is 0 Å². The third kappa shape index (κ3) is 2.32. The average molecular weight is 267 g/mol. The fraction of sp³-hybridized carbons (Fsp3) is 0.769. The van der Waals surface area contributed by atoms with Crippen LogP contribution in [0.4, 0.5) is 0 Å². The second kappa shape index (κ2) is 5.25. The van der Waals surface area contributed by atoms with Gasteiger partial charge in [-0.15, -0.1) is 11.3 Å². The Balaban J connectivity index is 1.69. The van der Waals surface area contributed by atoms with E-state index in [9.17, 15) is 0 Å². The van der Waals surface area contributed by atoms with Crippen molar-refractivity contribution in [3.63, 3.8) is 0 Å². The summed E-state index contributed by atoms with van der Waals surface area (Å²) in [6.45, 7) is 5.29. The van der Waals surface area contributed by atoms with Gasteiger partial charge >= 0.3 is 0 Å². The Morgan fingerprint density at radius 1 is 1.61 bits per heavy atom. The fourth-order valence-electron chi connectivity index (χ4n) is 2.76. The summed E-state index contributed by atoms with van der Waals surface area (Å²) in [5, 5.41) is 4.39. The van der Waals surface area contributed by atoms with E-state index in [1.165, 1.54) is 24.3 Å². The van der Waals surface area contributed by atoms with E-state index in [0.29, 0.717) is 12.1 Å². The predicted molar refractivity (Wildman–Crippen MR) is 72.9 cm³/mol. The molecule has 0 bridgehead atoms. The fourth-order valence-corrected chi connectivity index (χ4v) is 3.78. The van der Waals surface area contributed by atoms with Crippen molar-refractivity contribution < 1.29 is 4.74 Å². The Kier molecular flexibility index (Phi) is 3.66. The van der Waals surface area contributed by atoms with Crippen LogP contribution in [0.25, 0.3) is 0 Å². The van der Waals surface area contributed by atoms with Crippen molar-refractivity contribution in [3.05, 3.63) is 16.1 Å². The summed E-state index contributed by atoms with van der Waals surface area (Å²) in [6, 6.07) is 1.04. The molecule has 0 saturated carbocycles. The number of rotatable bonds is 3. The number of nitrogens with one attached hydrogen (secondary N) is 1. The molecule has 4 nitrogen and oxygen atoms in total. The van der Waals surface area contributed by atoms with Crippen LogP contribution in [0.3, 0.4) is 0 Å². The van der Waals surface area contributed by atoms with Crippen LogP contribution >= 0.6 is 11.3 Å². The molecule has 3 atom stereocenters. The summed E-state index contributed by atoms with van der Waals surface area (Å²) in [4.78, 5) is 8.41. The van der Waals surface area contributed by atoms with Crippen LogP contribution in [-0.2, 0) is 4.74 Å². The normalized spacial score (nSPS) is 30.3. The second-order valence-corrected chi connectivity index (χ2v) is 6.32. The highest BCUT2D eigenvalue weighted by Crippen LogP contribution is 2.33. The smallest absolute Gasteiger partial charge is 0.123 e. The molecule has 2 aliphatic heterocycles. The molecule has 2 aliphatic rings. The number of hydrogen-bond acceptors (Lipinski definition) is 5. The molecule has 0 radical (unpaired) electrons. The molecule has 0 spiro atoms. The molecule has 1 aromatic heterocycles. The van der Waals surface area contributed by atoms with Crippen molar-refractivity contribution >= 4 is 11.3 Å². The first-order valence-electron chi connectivity index (χ1n) is 6.76. The number of nitrogens with zero attached hydrogens (tertiary/aromatic N) is 2. The van der Waals surface area contributed by atoms with Crippen molar-refractivity contribution in [2.24, 2.45) is 0 Å². The van der Waals surface area contributed by atoms with E-state index in [0.717, 1.165) is 18.2 Å². The summed E-state index contributed by atoms with van der Waals surface area (Å²) >= 11 is 1.78. The molecule has 0 aliphatic carbocycles. The molecule has 1 aromatic rings. The van der Waals surface area contributed by atoms with E-state index in [1.807, 2.05) is 13.2 Å². The molecule has 2 fully saturated rings. The first kappa shape index (κ1) is 12.5. The Morgan fingerprint density at radius 3 is 3.33 bits per heavy atom. The van der Waals surface area contributed by atoms with Crippen LogP contribution in [0.1, 0.15) is 41.8 Å². The van der Waals surface area contributed by atoms with Gasteiger partial charge in [0.25, 0.3) is 0 Å². The molecular formula is C13H21N3OS. The van der Waals surface area contributed by atoms with E-state index >= 15 is 0 Å². The number of fused-ring (bicyclic) bond motifs is 1. The van der Waals surface area contributed by atoms with E-state index < -0.39 is 0 Å². The van der Waals surface area contributed by atoms with Crippen LogP contribution in [0.5, 0.6) is 0 Å². The van der Waals surface area contributed by atoms with Gasteiger partial charge in [0.05, 0.1) is 6.61 Å². The largest absolute Gasteiger partial charge is 0.368 e. The molecule has 1 N–H and O–H groups in total. The summed E-state index contributed by atoms with van der Waals surface area (Å²) in [5.74, 6) is 0. The standard InChI is InChI=1S/C13H21N3OS/c1-9(14-2)12-6-15-13(18-12)11-7-16-5-3-4-10(16)8-17-11/h6,9-11,14H,3-5,7-8H2,1-2H3. The van der Waals surface area contributed by atoms with Gasteiger partial charge in [0.1, 0.15) is 11.1 Å². The van der Waals surface area contributed by atoms with Gasteiger partial charge in [0.2, 0.25) is 0 Å². The summed E-state index contributed by atoms with van der Waals surface area (Å²) in [7, 11) is 1.98. The lowest BCUT2D eigenvalue weighted by atomic mass is 10.2. The molecule has 100 valence electrons. The molecule has 2 saturated heterocycles. The highest BCUT2D eigenvalue weighted by atomic mass is 32.1. The zero-order chi connectivity index (χ0) is 12.5. The highest BCUT2D eigenvalue weighted by Gasteiger charge is 2.34. The lowest BCUT2D eigenvalue weighted by molar-refractivity contribution is -0.0502. The second-order valence-electron chi connectivity index (χ2n) is 5.22. The summed E-state index contributed by atoms with van der Waals surface area (Å²) < 4.78 is 5.99. The van der Waals surface area contributed by atoms with Crippen LogP contribution in [0.15, 0.2) is 6.20 Å². The van der Waals surface area contributed by atoms with E-state index in [2.05, 4.69) is 22.1 Å². The number of thiazole rings is 1. The molecule has 3 unspecified atom stereocenters. The van der Waals surface area contributed by atoms with Gasteiger partial charge in [0, 0.05) is 29.7 Å². The number of aromatic nitrogens is 1. The van der Waals surface area contributed by atoms with Crippen molar-refractivity contribution in [2.75, 3.05) is 26.7 Å². The lowest BCUT2D eigenvalue weighted by Gasteiger charge is -2.34. The van der Waals surface area contributed by atoms with Gasteiger partial charge in [-0.25, -0.2) is 4.98 Å². The number of ether oxygens (including phenoxy) is 1. The first-order chi connectivity index (χ1) is 8.78. The van der Waals surface area contributed by atoms with Crippen LogP contribution < -0.4 is 5.32 Å². The molecule has 3 heterocycles. The minimum absolute atomic E-state index is 0.183. The van der Waals surface area contributed by atoms with Crippen LogP contribution in [-0.4, -0.2) is 42.7 Å². The third-order valence-corrected chi connectivity index (χ3v) is 5.34. The maximum absolute atomic E-state index is 5.99. The Labute approximate surface area is 112 Å². The monoisotopic (exact) mass is 267 g/mol. The Hall–Kier alpha value is -0.490. The topological polar surface area (TPSA) is 37.4 Å². The van der Waals surface area contributed by atoms with Gasteiger partial charge in [-0.1, -0.05) is 0 Å². The van der Waals surface area contributed by atoms with Gasteiger partial charge in [-0.2, -0.15) is 0 Å². The summed E-state index contributed by atoms with van der Waals surface area (Å²) in [5.41, 5.74) is 0. The van der Waals surface area contributed by atoms with E-state index in [4.69, 9.17) is 4.74 Å². The number of morpholine rings is 1. The maximum atomic E-state index is 5.99. The maximum Gasteiger partial charge on any atom is 0.123 e. The minimum Gasteiger partial charge on any atom is -0.368 e. The summed E-state index contributed by atoms with van der Waals surface area (Å²) in [6.07, 6.45) is 4.79. The molecule has 0 amide bonds. The van der Waals surface area contributed by atoms with Gasteiger partial charge in [-0.05, 0) is 33.4 Å². The average Bonchev–Trinajstić information content (AvgIpc) is 3.05. The molecule has 0 aromatic carbocycles. The van der Waals surface area contributed by atoms with Gasteiger partial charge < -0.3 is 10.1 Å². The molecule has 3 rings (SSSR count). The zero-order valence-corrected chi connectivity index (χ0v) is 11.9. The van der Waals surface area contributed by atoms with Gasteiger partial charge in [-0.3, -0.25) is 4.90 Å². The van der Waals surface area contributed by atoms with E-state index in [-0.39, 0.29) is 6.10 Å².